The summed E-state index contributed by atoms with van der Waals surface area (Å²) in [6, 6.07) is 1.96. The standard InChI is InChI=1S/C15H21N3O3S/c1-3-5-11-9(4-2)8-12(22-11)13(19)17-18-15(21)14(20)16-10-6-7-10/h8,10H,3-7H2,1-2H3,(H,16,20)(H,17,19)(H,18,21). The second-order valence-corrected chi connectivity index (χ2v) is 6.46. The van der Waals surface area contributed by atoms with Crippen molar-refractivity contribution in [3.05, 3.63) is 21.4 Å². The number of carbonyl (C=O) groups is 3. The average Bonchev–Trinajstić information content (AvgIpc) is 3.22. The van der Waals surface area contributed by atoms with Gasteiger partial charge in [-0.05, 0) is 37.3 Å². The van der Waals surface area contributed by atoms with E-state index < -0.39 is 17.7 Å². The van der Waals surface area contributed by atoms with Crippen molar-refractivity contribution in [2.75, 3.05) is 0 Å². The summed E-state index contributed by atoms with van der Waals surface area (Å²) in [6.45, 7) is 4.14. The van der Waals surface area contributed by atoms with Crippen molar-refractivity contribution in [1.82, 2.24) is 16.2 Å². The van der Waals surface area contributed by atoms with Crippen molar-refractivity contribution in [1.29, 1.82) is 0 Å². The van der Waals surface area contributed by atoms with Gasteiger partial charge in [-0.3, -0.25) is 25.2 Å². The molecule has 1 aromatic rings. The fourth-order valence-corrected chi connectivity index (χ4v) is 3.28. The predicted octanol–water partition coefficient (Wildman–Crippen LogP) is 1.30. The zero-order valence-corrected chi connectivity index (χ0v) is 13.6. The van der Waals surface area contributed by atoms with Gasteiger partial charge in [0.05, 0.1) is 4.88 Å². The van der Waals surface area contributed by atoms with E-state index in [1.807, 2.05) is 13.0 Å². The lowest BCUT2D eigenvalue weighted by molar-refractivity contribution is -0.139. The smallest absolute Gasteiger partial charge is 0.327 e. The van der Waals surface area contributed by atoms with E-state index in [2.05, 4.69) is 23.1 Å². The highest BCUT2D eigenvalue weighted by atomic mass is 32.1. The third-order valence-electron chi connectivity index (χ3n) is 3.39. The Balaban J connectivity index is 1.88. The lowest BCUT2D eigenvalue weighted by atomic mass is 10.1. The van der Waals surface area contributed by atoms with Crippen LogP contribution < -0.4 is 16.2 Å². The number of thiophene rings is 1. The lowest BCUT2D eigenvalue weighted by Crippen LogP contribution is -2.48. The van der Waals surface area contributed by atoms with Gasteiger partial charge in [-0.2, -0.15) is 0 Å². The Labute approximate surface area is 133 Å². The van der Waals surface area contributed by atoms with E-state index in [9.17, 15) is 14.4 Å². The fourth-order valence-electron chi connectivity index (χ4n) is 2.03. The van der Waals surface area contributed by atoms with Crippen molar-refractivity contribution in [3.63, 3.8) is 0 Å². The van der Waals surface area contributed by atoms with Gasteiger partial charge in [0.2, 0.25) is 0 Å². The molecule has 3 N–H and O–H groups in total. The Morgan fingerprint density at radius 3 is 2.50 bits per heavy atom. The van der Waals surface area contributed by atoms with Crippen LogP contribution in [0.2, 0.25) is 0 Å². The van der Waals surface area contributed by atoms with Crippen molar-refractivity contribution < 1.29 is 14.4 Å². The molecule has 1 fully saturated rings. The Kier molecular flexibility index (Phi) is 5.54. The molecule has 22 heavy (non-hydrogen) atoms. The minimum atomic E-state index is -0.846. The molecular weight excluding hydrogens is 302 g/mol. The maximum absolute atomic E-state index is 12.0. The maximum atomic E-state index is 12.0. The van der Waals surface area contributed by atoms with Crippen molar-refractivity contribution >= 4 is 29.1 Å². The van der Waals surface area contributed by atoms with Gasteiger partial charge in [-0.15, -0.1) is 11.3 Å². The second kappa shape index (κ2) is 7.40. The summed E-state index contributed by atoms with van der Waals surface area (Å²) in [5, 5.41) is 2.56. The van der Waals surface area contributed by atoms with Crippen LogP contribution in [-0.2, 0) is 22.4 Å². The van der Waals surface area contributed by atoms with Crippen LogP contribution >= 0.6 is 11.3 Å². The second-order valence-electron chi connectivity index (χ2n) is 5.32. The number of aryl methyl sites for hydroxylation is 2. The molecule has 0 atom stereocenters. The Morgan fingerprint density at radius 2 is 1.91 bits per heavy atom. The molecule has 7 heteroatoms. The quantitative estimate of drug-likeness (QED) is 0.564. The first kappa shape index (κ1) is 16.5. The highest BCUT2D eigenvalue weighted by Crippen LogP contribution is 2.24. The van der Waals surface area contributed by atoms with Crippen LogP contribution in [0.1, 0.15) is 53.2 Å². The lowest BCUT2D eigenvalue weighted by Gasteiger charge is -2.06. The normalized spacial score (nSPS) is 13.5. The summed E-state index contributed by atoms with van der Waals surface area (Å²) in [5.74, 6) is -1.95. The summed E-state index contributed by atoms with van der Waals surface area (Å²) in [7, 11) is 0. The third kappa shape index (κ3) is 4.30. The molecular formula is C15H21N3O3S. The number of hydrazine groups is 1. The molecule has 120 valence electrons. The van der Waals surface area contributed by atoms with Crippen molar-refractivity contribution in [2.45, 2.75) is 52.0 Å². The molecule has 1 saturated carbocycles. The molecule has 1 aliphatic carbocycles. The maximum Gasteiger partial charge on any atom is 0.327 e. The molecule has 0 aliphatic heterocycles. The van der Waals surface area contributed by atoms with Gasteiger partial charge in [0, 0.05) is 10.9 Å². The molecule has 6 nitrogen and oxygen atoms in total. The van der Waals surface area contributed by atoms with Crippen LogP contribution in [0.15, 0.2) is 6.07 Å². The van der Waals surface area contributed by atoms with Gasteiger partial charge in [-0.25, -0.2) is 0 Å². The molecule has 1 aliphatic rings. The van der Waals surface area contributed by atoms with Crippen LogP contribution in [0.25, 0.3) is 0 Å². The summed E-state index contributed by atoms with van der Waals surface area (Å²) in [4.78, 5) is 36.8. The van der Waals surface area contributed by atoms with Gasteiger partial charge in [-0.1, -0.05) is 20.3 Å². The third-order valence-corrected chi connectivity index (χ3v) is 4.62. The highest BCUT2D eigenvalue weighted by Gasteiger charge is 2.26. The van der Waals surface area contributed by atoms with Crippen molar-refractivity contribution in [3.8, 4) is 0 Å². The minimum absolute atomic E-state index is 0.106. The van der Waals surface area contributed by atoms with Gasteiger partial charge in [0.25, 0.3) is 5.91 Å². The highest BCUT2D eigenvalue weighted by molar-refractivity contribution is 7.14. The molecule has 0 radical (unpaired) electrons. The molecule has 0 saturated heterocycles. The van der Waals surface area contributed by atoms with Gasteiger partial charge in [0.15, 0.2) is 0 Å². The number of hydrogen-bond acceptors (Lipinski definition) is 4. The first-order valence-corrected chi connectivity index (χ1v) is 8.39. The van der Waals surface area contributed by atoms with E-state index in [4.69, 9.17) is 0 Å². The number of hydrogen-bond donors (Lipinski definition) is 3. The molecule has 2 rings (SSSR count). The zero-order valence-electron chi connectivity index (χ0n) is 12.8. The summed E-state index contributed by atoms with van der Waals surface area (Å²) in [6.07, 6.45) is 4.64. The van der Waals surface area contributed by atoms with Crippen LogP contribution in [0.3, 0.4) is 0 Å². The van der Waals surface area contributed by atoms with E-state index in [0.717, 1.165) is 37.7 Å². The largest absolute Gasteiger partial charge is 0.345 e. The molecule has 1 aromatic heterocycles. The molecule has 3 amide bonds. The van der Waals surface area contributed by atoms with Crippen LogP contribution in [0.5, 0.6) is 0 Å². The fraction of sp³-hybridized carbons (Fsp3) is 0.533. The molecule has 0 aromatic carbocycles. The van der Waals surface area contributed by atoms with E-state index in [1.165, 1.54) is 16.2 Å². The first-order chi connectivity index (χ1) is 10.5. The van der Waals surface area contributed by atoms with Crippen LogP contribution in [0, 0.1) is 0 Å². The molecule has 0 unspecified atom stereocenters. The number of amides is 3. The molecule has 1 heterocycles. The Bertz CT molecular complexity index is 579. The number of carbonyl (C=O) groups excluding carboxylic acids is 3. The monoisotopic (exact) mass is 323 g/mol. The molecule has 0 spiro atoms. The van der Waals surface area contributed by atoms with Crippen LogP contribution in [0.4, 0.5) is 0 Å². The predicted molar refractivity (Wildman–Crippen MR) is 84.5 cm³/mol. The summed E-state index contributed by atoms with van der Waals surface area (Å²) >= 11 is 1.43. The van der Waals surface area contributed by atoms with E-state index >= 15 is 0 Å². The minimum Gasteiger partial charge on any atom is -0.345 e. The zero-order chi connectivity index (χ0) is 16.1. The van der Waals surface area contributed by atoms with Gasteiger partial charge < -0.3 is 5.32 Å². The van der Waals surface area contributed by atoms with Gasteiger partial charge in [0.1, 0.15) is 0 Å². The van der Waals surface area contributed by atoms with E-state index in [-0.39, 0.29) is 6.04 Å². The molecule has 0 bridgehead atoms. The first-order valence-electron chi connectivity index (χ1n) is 7.57. The number of rotatable bonds is 5. The van der Waals surface area contributed by atoms with Crippen LogP contribution in [-0.4, -0.2) is 23.8 Å². The summed E-state index contributed by atoms with van der Waals surface area (Å²) in [5.41, 5.74) is 5.60. The average molecular weight is 323 g/mol. The Hall–Kier alpha value is -1.89. The van der Waals surface area contributed by atoms with E-state index in [0.29, 0.717) is 4.88 Å². The van der Waals surface area contributed by atoms with Crippen molar-refractivity contribution in [2.24, 2.45) is 0 Å². The number of nitrogens with one attached hydrogen (secondary N) is 3. The van der Waals surface area contributed by atoms with Gasteiger partial charge >= 0.3 is 11.8 Å². The van der Waals surface area contributed by atoms with E-state index in [1.54, 1.807) is 0 Å². The topological polar surface area (TPSA) is 87.3 Å². The summed E-state index contributed by atoms with van der Waals surface area (Å²) < 4.78 is 0. The Morgan fingerprint density at radius 1 is 1.18 bits per heavy atom. The SMILES string of the molecule is CCCc1sc(C(=O)NNC(=O)C(=O)NC2CC2)cc1CC.